The van der Waals surface area contributed by atoms with E-state index in [1.165, 1.54) is 0 Å². The molecule has 1 amide bonds. The highest BCUT2D eigenvalue weighted by Gasteiger charge is 2.40. The summed E-state index contributed by atoms with van der Waals surface area (Å²) in [5.74, 6) is 1.14. The quantitative estimate of drug-likeness (QED) is 0.229. The van der Waals surface area contributed by atoms with Gasteiger partial charge in [0, 0.05) is 77.5 Å². The zero-order chi connectivity index (χ0) is 24.9. The third-order valence-electron chi connectivity index (χ3n) is 8.15. The molecule has 0 spiro atoms. The zero-order valence-corrected chi connectivity index (χ0v) is 22.2. The second kappa shape index (κ2) is 12.4. The third kappa shape index (κ3) is 6.80. The summed E-state index contributed by atoms with van der Waals surface area (Å²) in [4.78, 5) is 17.8. The van der Waals surface area contributed by atoms with Gasteiger partial charge in [-0.2, -0.15) is 0 Å². The average Bonchev–Trinajstić information content (AvgIpc) is 3.17. The average molecular weight is 513 g/mol. The van der Waals surface area contributed by atoms with E-state index >= 15 is 0 Å². The smallest absolute Gasteiger partial charge is 0.224 e. The Morgan fingerprint density at radius 3 is 2.63 bits per heavy atom. The summed E-state index contributed by atoms with van der Waals surface area (Å²) >= 11 is 6.77. The molecule has 0 bridgehead atoms. The van der Waals surface area contributed by atoms with Gasteiger partial charge < -0.3 is 21.1 Å². The van der Waals surface area contributed by atoms with E-state index in [1.54, 1.807) is 7.05 Å². The van der Waals surface area contributed by atoms with E-state index in [4.69, 9.17) is 11.6 Å². The number of piperidine rings is 1. The van der Waals surface area contributed by atoms with Crippen LogP contribution >= 0.6 is 11.6 Å². The molecule has 35 heavy (non-hydrogen) atoms. The number of hydrazine groups is 1. The van der Waals surface area contributed by atoms with Gasteiger partial charge in [0.1, 0.15) is 5.82 Å². The first-order valence-corrected chi connectivity index (χ1v) is 13.7. The second-order valence-corrected chi connectivity index (χ2v) is 11.1. The van der Waals surface area contributed by atoms with Crippen molar-refractivity contribution in [3.8, 4) is 0 Å². The highest BCUT2D eigenvalue weighted by atomic mass is 35.5. The Balaban J connectivity index is 1.34. The summed E-state index contributed by atoms with van der Waals surface area (Å²) in [5.41, 5.74) is 3.35. The van der Waals surface area contributed by atoms with Crippen LogP contribution in [0.3, 0.4) is 0 Å². The molecule has 7 atom stereocenters. The van der Waals surface area contributed by atoms with Gasteiger partial charge in [0.25, 0.3) is 0 Å². The summed E-state index contributed by atoms with van der Waals surface area (Å²) in [6, 6.07) is 0.993. The summed E-state index contributed by atoms with van der Waals surface area (Å²) < 4.78 is 0. The minimum atomic E-state index is -0.0619. The summed E-state index contributed by atoms with van der Waals surface area (Å²) in [6.45, 7) is 7.80. The van der Waals surface area contributed by atoms with E-state index in [0.717, 1.165) is 70.8 Å². The molecule has 0 aromatic heterocycles. The second-order valence-electron chi connectivity index (χ2n) is 10.6. The molecule has 7 unspecified atom stereocenters. The first kappa shape index (κ1) is 26.9. The van der Waals surface area contributed by atoms with Crippen LogP contribution in [0, 0.1) is 5.92 Å². The molecule has 200 valence electrons. The first-order chi connectivity index (χ1) is 16.9. The molecule has 2 saturated heterocycles. The molecule has 4 rings (SSSR count). The largest absolute Gasteiger partial charge is 0.395 e. The number of nitrogens with zero attached hydrogens (tertiary/aromatic N) is 3. The predicted molar refractivity (Wildman–Crippen MR) is 139 cm³/mol. The molecular formula is C24H45ClN8O2. The van der Waals surface area contributed by atoms with E-state index in [0.29, 0.717) is 12.1 Å². The number of nitrogens with one attached hydrogen (secondary N) is 5. The van der Waals surface area contributed by atoms with E-state index < -0.39 is 0 Å². The molecule has 0 radical (unpaired) electrons. The fraction of sp³-hybridized carbons (Fsp3) is 0.875. The van der Waals surface area contributed by atoms with Crippen molar-refractivity contribution in [1.29, 1.82) is 0 Å². The van der Waals surface area contributed by atoms with Crippen molar-refractivity contribution in [2.24, 2.45) is 5.92 Å². The number of rotatable bonds is 8. The lowest BCUT2D eigenvalue weighted by atomic mass is 9.79. The van der Waals surface area contributed by atoms with Crippen LogP contribution in [0.5, 0.6) is 0 Å². The van der Waals surface area contributed by atoms with Gasteiger partial charge >= 0.3 is 0 Å². The summed E-state index contributed by atoms with van der Waals surface area (Å²) in [6.07, 6.45) is 6.09. The molecule has 0 aromatic carbocycles. The van der Waals surface area contributed by atoms with Gasteiger partial charge in [-0.3, -0.25) is 24.9 Å². The molecule has 11 heteroatoms. The van der Waals surface area contributed by atoms with Crippen molar-refractivity contribution >= 4 is 17.5 Å². The van der Waals surface area contributed by atoms with Crippen LogP contribution in [-0.4, -0.2) is 122 Å². The minimum Gasteiger partial charge on any atom is -0.395 e. The van der Waals surface area contributed by atoms with Gasteiger partial charge in [-0.15, -0.1) is 11.6 Å². The molecule has 0 aromatic rings. The molecule has 6 N–H and O–H groups in total. The Bertz CT molecular complexity index is 734. The Morgan fingerprint density at radius 2 is 1.97 bits per heavy atom. The maximum atomic E-state index is 12.9. The number of carbonyl (C=O) groups is 1. The number of carbonyl (C=O) groups excluding carboxylic acids is 1. The van der Waals surface area contributed by atoms with Crippen molar-refractivity contribution in [3.05, 3.63) is 11.9 Å². The molecular weight excluding hydrogens is 468 g/mol. The molecule has 4 aliphatic rings. The summed E-state index contributed by atoms with van der Waals surface area (Å²) in [5, 5.41) is 25.1. The summed E-state index contributed by atoms with van der Waals surface area (Å²) in [7, 11) is 3.76. The highest BCUT2D eigenvalue weighted by Crippen LogP contribution is 2.31. The molecule has 3 aliphatic heterocycles. The van der Waals surface area contributed by atoms with Crippen molar-refractivity contribution in [2.75, 3.05) is 60.0 Å². The number of alkyl halides is 1. The van der Waals surface area contributed by atoms with Crippen molar-refractivity contribution in [1.82, 2.24) is 41.5 Å². The number of aliphatic hydroxyl groups excluding tert-OH is 1. The number of hydrogen-bond acceptors (Lipinski definition) is 9. The zero-order valence-electron chi connectivity index (χ0n) is 21.5. The van der Waals surface area contributed by atoms with Gasteiger partial charge in [-0.25, -0.2) is 5.43 Å². The number of piperazine rings is 1. The van der Waals surface area contributed by atoms with Crippen LogP contribution in [-0.2, 0) is 4.79 Å². The Hall–Kier alpha value is -1.14. The Labute approximate surface area is 215 Å². The number of halogens is 1. The molecule has 10 nitrogen and oxygen atoms in total. The van der Waals surface area contributed by atoms with Crippen LogP contribution < -0.4 is 26.7 Å². The molecule has 1 saturated carbocycles. The van der Waals surface area contributed by atoms with Crippen LogP contribution in [0.2, 0.25) is 0 Å². The minimum absolute atomic E-state index is 0.0250. The lowest BCUT2D eigenvalue weighted by Gasteiger charge is -2.46. The van der Waals surface area contributed by atoms with Crippen LogP contribution in [0.25, 0.3) is 0 Å². The fourth-order valence-electron chi connectivity index (χ4n) is 6.17. The number of aliphatic hydroxyl groups is 1. The lowest BCUT2D eigenvalue weighted by molar-refractivity contribution is -0.127. The van der Waals surface area contributed by atoms with Crippen molar-refractivity contribution in [2.45, 2.75) is 68.3 Å². The fourth-order valence-corrected chi connectivity index (χ4v) is 6.44. The van der Waals surface area contributed by atoms with Crippen LogP contribution in [0.15, 0.2) is 11.9 Å². The SMILES string of the molecule is CNC(=O)C1CC(N2CCN(CCO)CC2)CCC1NC1CC(NC2=CC(C)NN2C)NCC1Cl. The normalized spacial score (nSPS) is 37.2. The van der Waals surface area contributed by atoms with Gasteiger partial charge in [0.15, 0.2) is 0 Å². The van der Waals surface area contributed by atoms with E-state index in [2.05, 4.69) is 49.5 Å². The van der Waals surface area contributed by atoms with Crippen molar-refractivity contribution < 1.29 is 9.90 Å². The number of β-amino-alcohol motifs (C(OH)–C–C–N with tert-alkyl or cyclic N) is 1. The van der Waals surface area contributed by atoms with E-state index in [1.807, 2.05) is 12.1 Å². The Morgan fingerprint density at radius 1 is 1.20 bits per heavy atom. The van der Waals surface area contributed by atoms with Gasteiger partial charge in [-0.05, 0) is 38.7 Å². The lowest BCUT2D eigenvalue weighted by Crippen LogP contribution is -2.62. The first-order valence-electron chi connectivity index (χ1n) is 13.3. The topological polar surface area (TPSA) is 107 Å². The third-order valence-corrected chi connectivity index (χ3v) is 8.61. The maximum absolute atomic E-state index is 12.9. The Kier molecular flexibility index (Phi) is 9.54. The molecule has 3 heterocycles. The maximum Gasteiger partial charge on any atom is 0.224 e. The van der Waals surface area contributed by atoms with Crippen LogP contribution in [0.4, 0.5) is 0 Å². The van der Waals surface area contributed by atoms with Crippen molar-refractivity contribution in [3.63, 3.8) is 0 Å². The monoisotopic (exact) mass is 512 g/mol. The number of hydrogen-bond donors (Lipinski definition) is 6. The highest BCUT2D eigenvalue weighted by molar-refractivity contribution is 6.21. The predicted octanol–water partition coefficient (Wildman–Crippen LogP) is -0.966. The van der Waals surface area contributed by atoms with Gasteiger partial charge in [-0.1, -0.05) is 0 Å². The number of amides is 1. The van der Waals surface area contributed by atoms with E-state index in [-0.39, 0.29) is 42.1 Å². The molecule has 3 fully saturated rings. The van der Waals surface area contributed by atoms with Crippen LogP contribution in [0.1, 0.15) is 32.6 Å². The van der Waals surface area contributed by atoms with E-state index in [9.17, 15) is 9.90 Å². The van der Waals surface area contributed by atoms with Gasteiger partial charge in [0.2, 0.25) is 5.91 Å². The van der Waals surface area contributed by atoms with Gasteiger partial charge in [0.05, 0.1) is 24.1 Å². The standard InChI is InChI=1S/C24H45ClN8O2/c1-16-12-23(31(3)30-16)29-22-14-21(19(25)15-27-22)28-20-5-4-17(13-18(20)24(35)26-2)33-8-6-32(7-9-33)10-11-34/h12,16-22,27-30,34H,4-11,13-15H2,1-3H3,(H,26,35). The molecule has 1 aliphatic carbocycles.